The number of carbonyl (C=O) groups excluding carboxylic acids is 3. The number of ether oxygens (including phenoxy) is 3. The fourth-order valence-electron chi connectivity index (χ4n) is 9.30. The highest BCUT2D eigenvalue weighted by atomic mass is 16.6. The van der Waals surface area contributed by atoms with Crippen LogP contribution in [-0.2, 0) is 28.6 Å². The minimum Gasteiger partial charge on any atom is -0.462 e. The molecule has 0 unspecified atom stereocenters. The van der Waals surface area contributed by atoms with Crippen LogP contribution in [0.5, 0.6) is 0 Å². The Bertz CT molecular complexity index is 1110. The van der Waals surface area contributed by atoms with E-state index in [1.165, 1.54) is 238 Å². The molecule has 0 aromatic rings. The van der Waals surface area contributed by atoms with Gasteiger partial charge < -0.3 is 14.2 Å². The van der Waals surface area contributed by atoms with E-state index < -0.39 is 6.10 Å². The van der Waals surface area contributed by atoms with E-state index in [1.807, 2.05) is 0 Å². The molecule has 6 nitrogen and oxygen atoms in total. The van der Waals surface area contributed by atoms with Crippen LogP contribution in [0, 0.1) is 0 Å². The van der Waals surface area contributed by atoms with E-state index >= 15 is 0 Å². The predicted octanol–water partition coefficient (Wildman–Crippen LogP) is 20.7. The summed E-state index contributed by atoms with van der Waals surface area (Å²) in [5.74, 6) is -0.844. The first-order valence-corrected chi connectivity index (χ1v) is 30.8. The lowest BCUT2D eigenvalue weighted by molar-refractivity contribution is -0.167. The summed E-state index contributed by atoms with van der Waals surface area (Å²) < 4.78 is 16.9. The number of unbranched alkanes of at least 4 members (excludes halogenated alkanes) is 42. The Labute approximate surface area is 430 Å². The zero-order chi connectivity index (χ0) is 50.0. The normalized spacial score (nSPS) is 12.1. The van der Waals surface area contributed by atoms with E-state index in [9.17, 15) is 14.4 Å². The summed E-state index contributed by atoms with van der Waals surface area (Å²) in [7, 11) is 0. The van der Waals surface area contributed by atoms with E-state index in [-0.39, 0.29) is 31.1 Å². The van der Waals surface area contributed by atoms with Crippen molar-refractivity contribution in [1.82, 2.24) is 0 Å². The number of hydrogen-bond donors (Lipinski definition) is 0. The van der Waals surface area contributed by atoms with Crippen LogP contribution >= 0.6 is 0 Å². The van der Waals surface area contributed by atoms with Gasteiger partial charge in [-0.1, -0.05) is 295 Å². The molecule has 0 heterocycles. The molecule has 0 spiro atoms. The SMILES string of the molecule is CCCCC/C=C\C/C=C\CCCCCCCCCCCC(=O)OC[C@@H](COC(=O)CCCCCCCCCCCCCCCCCC)OC(=O)CCCCCCCCCCCCCCCCCC. The van der Waals surface area contributed by atoms with Crippen molar-refractivity contribution in [1.29, 1.82) is 0 Å². The molecular weight excluding hydrogens is 853 g/mol. The molecular formula is C63H118O6. The zero-order valence-corrected chi connectivity index (χ0v) is 46.6. The lowest BCUT2D eigenvalue weighted by Crippen LogP contribution is -2.30. The van der Waals surface area contributed by atoms with Crippen molar-refractivity contribution in [2.45, 2.75) is 348 Å². The van der Waals surface area contributed by atoms with Gasteiger partial charge in [0.05, 0.1) is 0 Å². The molecule has 1 atom stereocenters. The molecule has 0 aromatic heterocycles. The van der Waals surface area contributed by atoms with Gasteiger partial charge in [0.25, 0.3) is 0 Å². The van der Waals surface area contributed by atoms with E-state index in [0.717, 1.165) is 64.2 Å². The Morgan fingerprint density at radius 1 is 0.290 bits per heavy atom. The Kier molecular flexibility index (Phi) is 56.7. The van der Waals surface area contributed by atoms with Crippen molar-refractivity contribution in [3.63, 3.8) is 0 Å². The van der Waals surface area contributed by atoms with Crippen LogP contribution < -0.4 is 0 Å². The van der Waals surface area contributed by atoms with Crippen molar-refractivity contribution in [3.05, 3.63) is 24.3 Å². The first-order valence-electron chi connectivity index (χ1n) is 30.8. The molecule has 0 bridgehead atoms. The molecule has 0 saturated heterocycles. The van der Waals surface area contributed by atoms with E-state index in [1.54, 1.807) is 0 Å². The number of carbonyl (C=O) groups is 3. The fourth-order valence-corrected chi connectivity index (χ4v) is 9.30. The Morgan fingerprint density at radius 3 is 0.826 bits per heavy atom. The van der Waals surface area contributed by atoms with Gasteiger partial charge in [0.15, 0.2) is 6.10 Å². The van der Waals surface area contributed by atoms with Crippen LogP contribution in [0.25, 0.3) is 0 Å². The second-order valence-electron chi connectivity index (χ2n) is 21.0. The minimum atomic E-state index is -0.768. The Balaban J connectivity index is 4.31. The van der Waals surface area contributed by atoms with Crippen LogP contribution in [0.1, 0.15) is 342 Å². The average Bonchev–Trinajstić information content (AvgIpc) is 3.35. The van der Waals surface area contributed by atoms with Gasteiger partial charge in [0.2, 0.25) is 0 Å². The third-order valence-electron chi connectivity index (χ3n) is 14.0. The maximum atomic E-state index is 12.9. The zero-order valence-electron chi connectivity index (χ0n) is 46.6. The van der Waals surface area contributed by atoms with Gasteiger partial charge in [-0.25, -0.2) is 0 Å². The van der Waals surface area contributed by atoms with Gasteiger partial charge >= 0.3 is 17.9 Å². The van der Waals surface area contributed by atoms with Gasteiger partial charge in [-0.3, -0.25) is 14.4 Å². The largest absolute Gasteiger partial charge is 0.462 e. The predicted molar refractivity (Wildman–Crippen MR) is 298 cm³/mol. The molecule has 0 radical (unpaired) electrons. The summed E-state index contributed by atoms with van der Waals surface area (Å²) in [4.78, 5) is 38.3. The van der Waals surface area contributed by atoms with Crippen molar-refractivity contribution in [3.8, 4) is 0 Å². The van der Waals surface area contributed by atoms with Crippen molar-refractivity contribution in [2.75, 3.05) is 13.2 Å². The lowest BCUT2D eigenvalue weighted by Gasteiger charge is -2.18. The summed E-state index contributed by atoms with van der Waals surface area (Å²) in [5, 5.41) is 0. The van der Waals surface area contributed by atoms with E-state index in [4.69, 9.17) is 14.2 Å². The molecule has 0 rings (SSSR count). The molecule has 0 amide bonds. The van der Waals surface area contributed by atoms with Gasteiger partial charge in [-0.15, -0.1) is 0 Å². The number of allylic oxidation sites excluding steroid dienone is 4. The molecule has 0 aliphatic rings. The van der Waals surface area contributed by atoms with Gasteiger partial charge in [0.1, 0.15) is 13.2 Å². The standard InChI is InChI=1S/C63H118O6/c1-4-7-10-13-16-19-22-25-28-31-32-33-36-38-41-44-47-50-53-56-62(65)68-59-60(69-63(66)57-54-51-48-45-42-39-35-30-27-24-21-18-15-12-9-6-3)58-67-61(64)55-52-49-46-43-40-37-34-29-26-23-20-17-14-11-8-5-2/h16,19,25,28,60H,4-15,17-18,20-24,26-27,29-59H2,1-3H3/b19-16-,28-25-/t60-/m1/s1. The summed E-state index contributed by atoms with van der Waals surface area (Å²) in [6.45, 7) is 6.68. The molecule has 0 aromatic carbocycles. The first kappa shape index (κ1) is 66.9. The second kappa shape index (κ2) is 58.5. The van der Waals surface area contributed by atoms with E-state index in [2.05, 4.69) is 45.1 Å². The van der Waals surface area contributed by atoms with Crippen LogP contribution in [0.15, 0.2) is 24.3 Å². The highest BCUT2D eigenvalue weighted by Gasteiger charge is 2.19. The van der Waals surface area contributed by atoms with Gasteiger partial charge in [-0.05, 0) is 51.4 Å². The fraction of sp³-hybridized carbons (Fsp3) is 0.889. The topological polar surface area (TPSA) is 78.9 Å². The van der Waals surface area contributed by atoms with Crippen LogP contribution in [0.3, 0.4) is 0 Å². The highest BCUT2D eigenvalue weighted by molar-refractivity contribution is 5.71. The van der Waals surface area contributed by atoms with Crippen LogP contribution in [0.2, 0.25) is 0 Å². The monoisotopic (exact) mass is 971 g/mol. The van der Waals surface area contributed by atoms with Crippen LogP contribution in [0.4, 0.5) is 0 Å². The maximum Gasteiger partial charge on any atom is 0.306 e. The third-order valence-corrected chi connectivity index (χ3v) is 14.0. The number of rotatable bonds is 57. The Hall–Kier alpha value is -2.11. The molecule has 6 heteroatoms. The third kappa shape index (κ3) is 56.7. The van der Waals surface area contributed by atoms with Crippen LogP contribution in [-0.4, -0.2) is 37.2 Å². The van der Waals surface area contributed by atoms with Crippen molar-refractivity contribution >= 4 is 17.9 Å². The lowest BCUT2D eigenvalue weighted by atomic mass is 10.0. The molecule has 69 heavy (non-hydrogen) atoms. The van der Waals surface area contributed by atoms with Gasteiger partial charge in [0, 0.05) is 19.3 Å². The summed E-state index contributed by atoms with van der Waals surface area (Å²) in [6, 6.07) is 0. The molecule has 0 fully saturated rings. The molecule has 406 valence electrons. The number of hydrogen-bond acceptors (Lipinski definition) is 6. The molecule has 0 saturated carbocycles. The number of esters is 3. The molecule has 0 aliphatic heterocycles. The molecule has 0 aliphatic carbocycles. The summed E-state index contributed by atoms with van der Waals surface area (Å²) in [6.07, 6.45) is 68.8. The summed E-state index contributed by atoms with van der Waals surface area (Å²) >= 11 is 0. The van der Waals surface area contributed by atoms with Gasteiger partial charge in [-0.2, -0.15) is 0 Å². The van der Waals surface area contributed by atoms with Crippen molar-refractivity contribution in [2.24, 2.45) is 0 Å². The van der Waals surface area contributed by atoms with Crippen molar-refractivity contribution < 1.29 is 28.6 Å². The minimum absolute atomic E-state index is 0.0662. The first-order chi connectivity index (χ1) is 34.0. The summed E-state index contributed by atoms with van der Waals surface area (Å²) in [5.41, 5.74) is 0. The highest BCUT2D eigenvalue weighted by Crippen LogP contribution is 2.17. The smallest absolute Gasteiger partial charge is 0.306 e. The quantitative estimate of drug-likeness (QED) is 0.0261. The van der Waals surface area contributed by atoms with E-state index in [0.29, 0.717) is 19.3 Å². The Morgan fingerprint density at radius 2 is 0.522 bits per heavy atom. The second-order valence-corrected chi connectivity index (χ2v) is 21.0. The maximum absolute atomic E-state index is 12.9. The molecule has 0 N–H and O–H groups in total. The average molecular weight is 972 g/mol.